The third kappa shape index (κ3) is 4.02. The maximum atomic E-state index is 13.8. The maximum absolute atomic E-state index is 13.8. The first-order valence-corrected chi connectivity index (χ1v) is 7.36. The summed E-state index contributed by atoms with van der Waals surface area (Å²) in [4.78, 5) is 2.25. The molecule has 106 valence electrons. The monoisotopic (exact) mass is 264 g/mol. The number of halogens is 1. The molecule has 1 N–H and O–H groups in total. The third-order valence-corrected chi connectivity index (χ3v) is 4.19. The number of benzene rings is 1. The molecule has 0 aliphatic carbocycles. The van der Waals surface area contributed by atoms with Crippen molar-refractivity contribution in [3.05, 3.63) is 35.6 Å². The Morgan fingerprint density at radius 1 is 1.32 bits per heavy atom. The van der Waals surface area contributed by atoms with Gasteiger partial charge in [0.05, 0.1) is 0 Å². The van der Waals surface area contributed by atoms with Crippen LogP contribution in [0.5, 0.6) is 0 Å². The minimum Gasteiger partial charge on any atom is -0.313 e. The smallest absolute Gasteiger partial charge is 0.127 e. The van der Waals surface area contributed by atoms with E-state index >= 15 is 0 Å². The molecule has 1 saturated heterocycles. The van der Waals surface area contributed by atoms with Crippen molar-refractivity contribution in [1.29, 1.82) is 0 Å². The molecule has 0 spiro atoms. The maximum Gasteiger partial charge on any atom is 0.127 e. The van der Waals surface area contributed by atoms with E-state index in [1.165, 1.54) is 25.7 Å². The van der Waals surface area contributed by atoms with Gasteiger partial charge in [-0.25, -0.2) is 4.39 Å². The molecule has 1 aliphatic rings. The van der Waals surface area contributed by atoms with Crippen molar-refractivity contribution in [3.8, 4) is 0 Å². The summed E-state index contributed by atoms with van der Waals surface area (Å²) in [6.45, 7) is 4.18. The highest BCUT2D eigenvalue weighted by molar-refractivity contribution is 5.20. The van der Waals surface area contributed by atoms with Crippen molar-refractivity contribution in [3.63, 3.8) is 0 Å². The van der Waals surface area contributed by atoms with E-state index in [1.54, 1.807) is 12.1 Å². The van der Waals surface area contributed by atoms with Crippen LogP contribution in [0.15, 0.2) is 24.3 Å². The first kappa shape index (κ1) is 14.5. The lowest BCUT2D eigenvalue weighted by Crippen LogP contribution is -2.40. The average Bonchev–Trinajstić information content (AvgIpc) is 2.67. The molecule has 0 amide bonds. The molecule has 0 radical (unpaired) electrons. The molecule has 2 atom stereocenters. The lowest BCUT2D eigenvalue weighted by Gasteiger charge is -2.29. The number of rotatable bonds is 4. The van der Waals surface area contributed by atoms with Gasteiger partial charge in [0, 0.05) is 24.2 Å². The SMILES string of the molecule is CC(c1ccccc1F)N(C)CC1CCCCCN1. The molecule has 2 rings (SSSR count). The molecular weight excluding hydrogens is 239 g/mol. The Hall–Kier alpha value is -0.930. The van der Waals surface area contributed by atoms with Gasteiger partial charge in [-0.2, -0.15) is 0 Å². The molecule has 1 fully saturated rings. The van der Waals surface area contributed by atoms with Gasteiger partial charge < -0.3 is 5.32 Å². The van der Waals surface area contributed by atoms with Gasteiger partial charge >= 0.3 is 0 Å². The Balaban J connectivity index is 1.95. The van der Waals surface area contributed by atoms with Gasteiger partial charge in [0.2, 0.25) is 0 Å². The summed E-state index contributed by atoms with van der Waals surface area (Å²) in [7, 11) is 2.09. The zero-order chi connectivity index (χ0) is 13.7. The average molecular weight is 264 g/mol. The quantitative estimate of drug-likeness (QED) is 0.897. The van der Waals surface area contributed by atoms with Crippen LogP contribution in [0.3, 0.4) is 0 Å². The van der Waals surface area contributed by atoms with Gasteiger partial charge in [0.1, 0.15) is 5.82 Å². The van der Waals surface area contributed by atoms with Crippen molar-refractivity contribution in [2.45, 2.75) is 44.7 Å². The molecule has 0 bridgehead atoms. The van der Waals surface area contributed by atoms with Gasteiger partial charge in [0.15, 0.2) is 0 Å². The van der Waals surface area contributed by atoms with Gasteiger partial charge in [0.25, 0.3) is 0 Å². The first-order chi connectivity index (χ1) is 9.18. The van der Waals surface area contributed by atoms with E-state index in [1.807, 2.05) is 12.1 Å². The standard InChI is InChI=1S/C16H25FN2/c1-13(15-9-5-6-10-16(15)17)19(2)12-14-8-4-3-7-11-18-14/h5-6,9-10,13-14,18H,3-4,7-8,11-12H2,1-2H3. The van der Waals surface area contributed by atoms with Crippen molar-refractivity contribution in [2.75, 3.05) is 20.1 Å². The van der Waals surface area contributed by atoms with Crippen molar-refractivity contribution in [2.24, 2.45) is 0 Å². The fourth-order valence-corrected chi connectivity index (χ4v) is 2.81. The summed E-state index contributed by atoms with van der Waals surface area (Å²) >= 11 is 0. The highest BCUT2D eigenvalue weighted by atomic mass is 19.1. The normalized spacial score (nSPS) is 22.2. The Labute approximate surface area is 116 Å². The van der Waals surface area contributed by atoms with Crippen molar-refractivity contribution in [1.82, 2.24) is 10.2 Å². The number of hydrogen-bond donors (Lipinski definition) is 1. The largest absolute Gasteiger partial charge is 0.313 e. The molecule has 3 heteroatoms. The van der Waals surface area contributed by atoms with E-state index < -0.39 is 0 Å². The topological polar surface area (TPSA) is 15.3 Å². The first-order valence-electron chi connectivity index (χ1n) is 7.36. The van der Waals surface area contributed by atoms with E-state index in [0.717, 1.165) is 18.7 Å². The fraction of sp³-hybridized carbons (Fsp3) is 0.625. The van der Waals surface area contributed by atoms with Crippen LogP contribution in [0.4, 0.5) is 4.39 Å². The Morgan fingerprint density at radius 3 is 2.89 bits per heavy atom. The minimum absolute atomic E-state index is 0.101. The molecule has 0 aromatic heterocycles. The van der Waals surface area contributed by atoms with Crippen LogP contribution in [-0.4, -0.2) is 31.1 Å². The van der Waals surface area contributed by atoms with Crippen LogP contribution < -0.4 is 5.32 Å². The summed E-state index contributed by atoms with van der Waals surface area (Å²) in [5, 5.41) is 3.60. The van der Waals surface area contributed by atoms with Gasteiger partial charge in [-0.05, 0) is 39.4 Å². The Morgan fingerprint density at radius 2 is 2.11 bits per heavy atom. The highest BCUT2D eigenvalue weighted by Gasteiger charge is 2.19. The number of nitrogens with zero attached hydrogens (tertiary/aromatic N) is 1. The molecule has 1 aromatic carbocycles. The predicted octanol–water partition coefficient (Wildman–Crippen LogP) is 3.35. The molecule has 0 saturated carbocycles. The van der Waals surface area contributed by atoms with Crippen LogP contribution in [-0.2, 0) is 0 Å². The highest BCUT2D eigenvalue weighted by Crippen LogP contribution is 2.22. The van der Waals surface area contributed by atoms with Gasteiger partial charge in [-0.3, -0.25) is 4.90 Å². The summed E-state index contributed by atoms with van der Waals surface area (Å²) in [6.07, 6.45) is 5.15. The number of nitrogens with one attached hydrogen (secondary N) is 1. The molecule has 19 heavy (non-hydrogen) atoms. The third-order valence-electron chi connectivity index (χ3n) is 4.19. The fourth-order valence-electron chi connectivity index (χ4n) is 2.81. The van der Waals surface area contributed by atoms with Crippen LogP contribution in [0.1, 0.15) is 44.2 Å². The number of hydrogen-bond acceptors (Lipinski definition) is 2. The van der Waals surface area contributed by atoms with Gasteiger partial charge in [-0.15, -0.1) is 0 Å². The molecule has 1 aliphatic heterocycles. The minimum atomic E-state index is -0.101. The zero-order valence-electron chi connectivity index (χ0n) is 12.0. The number of likely N-dealkylation sites (N-methyl/N-ethyl adjacent to an activating group) is 1. The lowest BCUT2D eigenvalue weighted by atomic mass is 10.0. The van der Waals surface area contributed by atoms with E-state index in [4.69, 9.17) is 0 Å². The summed E-state index contributed by atoms with van der Waals surface area (Å²) in [6, 6.07) is 7.75. The predicted molar refractivity (Wildman–Crippen MR) is 77.7 cm³/mol. The molecular formula is C16H25FN2. The van der Waals surface area contributed by atoms with E-state index in [2.05, 4.69) is 24.2 Å². The molecule has 1 heterocycles. The van der Waals surface area contributed by atoms with Gasteiger partial charge in [-0.1, -0.05) is 31.0 Å². The van der Waals surface area contributed by atoms with Crippen LogP contribution in [0.25, 0.3) is 0 Å². The zero-order valence-corrected chi connectivity index (χ0v) is 12.0. The summed E-state index contributed by atoms with van der Waals surface area (Å²) in [5.74, 6) is -0.101. The van der Waals surface area contributed by atoms with E-state index in [0.29, 0.717) is 6.04 Å². The lowest BCUT2D eigenvalue weighted by molar-refractivity contribution is 0.224. The molecule has 2 nitrogen and oxygen atoms in total. The second-order valence-electron chi connectivity index (χ2n) is 5.64. The van der Waals surface area contributed by atoms with Crippen molar-refractivity contribution < 1.29 is 4.39 Å². The van der Waals surface area contributed by atoms with Crippen LogP contribution in [0.2, 0.25) is 0 Å². The second-order valence-corrected chi connectivity index (χ2v) is 5.64. The second kappa shape index (κ2) is 7.01. The van der Waals surface area contributed by atoms with E-state index in [-0.39, 0.29) is 11.9 Å². The molecule has 2 unspecified atom stereocenters. The summed E-state index contributed by atoms with van der Waals surface area (Å²) in [5.41, 5.74) is 0.790. The molecule has 1 aromatic rings. The van der Waals surface area contributed by atoms with Crippen molar-refractivity contribution >= 4 is 0 Å². The van der Waals surface area contributed by atoms with E-state index in [9.17, 15) is 4.39 Å². The van der Waals surface area contributed by atoms with Crippen LogP contribution in [0, 0.1) is 5.82 Å². The Kier molecular flexibility index (Phi) is 5.34. The van der Waals surface area contributed by atoms with Crippen LogP contribution >= 0.6 is 0 Å². The summed E-state index contributed by atoms with van der Waals surface area (Å²) < 4.78 is 13.8. The Bertz CT molecular complexity index is 386.